The Morgan fingerprint density at radius 3 is 2.97 bits per heavy atom. The molecule has 0 bridgehead atoms. The Bertz CT molecular complexity index is 1460. The van der Waals surface area contributed by atoms with Gasteiger partial charge >= 0.3 is 6.03 Å². The average molecular weight is 453 g/mol. The summed E-state index contributed by atoms with van der Waals surface area (Å²) in [5.74, 6) is -1.12. The molecular weight excluding hydrogens is 427 g/mol. The van der Waals surface area contributed by atoms with E-state index in [1.807, 2.05) is 0 Å². The average Bonchev–Trinajstić information content (AvgIpc) is 3.50. The zero-order valence-corrected chi connectivity index (χ0v) is 17.6. The van der Waals surface area contributed by atoms with Gasteiger partial charge in [-0.2, -0.15) is 5.10 Å². The van der Waals surface area contributed by atoms with Crippen LogP contribution in [0.25, 0.3) is 33.5 Å². The minimum absolute atomic E-state index is 0.147. The molecular formula is C23H23FN6O3. The molecule has 2 aromatic heterocycles. The number of H-pyrrole nitrogens is 2. The third kappa shape index (κ3) is 3.78. The number of halogens is 1. The number of benzene rings is 2. The van der Waals surface area contributed by atoms with Crippen LogP contribution < -0.4 is 5.32 Å². The number of phenols is 1. The third-order valence-electron chi connectivity index (χ3n) is 5.58. The molecule has 0 fully saturated rings. The maximum atomic E-state index is 14.1. The second-order valence-corrected chi connectivity index (χ2v) is 8.08. The van der Waals surface area contributed by atoms with Crippen LogP contribution in [0.3, 0.4) is 0 Å². The molecule has 33 heavy (non-hydrogen) atoms. The highest BCUT2D eigenvalue weighted by Gasteiger charge is 2.28. The van der Waals surface area contributed by atoms with Gasteiger partial charge in [0.05, 0.1) is 36.1 Å². The number of aliphatic hydroxyl groups excluding tert-OH is 1. The number of aryl methyl sites for hydroxylation is 1. The molecule has 3 heterocycles. The number of phenolic OH excluding ortho intramolecular Hbond substituents is 1. The summed E-state index contributed by atoms with van der Waals surface area (Å²) in [5.41, 5.74) is 3.06. The molecule has 4 aromatic rings. The van der Waals surface area contributed by atoms with E-state index < -0.39 is 24.5 Å². The van der Waals surface area contributed by atoms with E-state index in [-0.39, 0.29) is 23.7 Å². The normalized spacial score (nSPS) is 15.7. The molecule has 170 valence electrons. The zero-order chi connectivity index (χ0) is 25.8. The standard InChI is InChI=1S/C23H23FN6O3/c1-11-5-20(32)16(24)7-15(11)13-3-4-14-17(6-13)28-29-21(14)22-26-18-9-30(10-19(18)27-22)23(33)25-8-12(2)31/h3-7,12,31-32H,8-10H2,1-2H3,(H,25,33)(H,26,27)(H,28,29)/t12-/m1/s1/i1D3. The minimum Gasteiger partial charge on any atom is -0.505 e. The van der Waals surface area contributed by atoms with Crippen LogP contribution in [-0.4, -0.2) is 54.0 Å². The molecule has 1 aliphatic heterocycles. The van der Waals surface area contributed by atoms with Crippen LogP contribution >= 0.6 is 0 Å². The summed E-state index contributed by atoms with van der Waals surface area (Å²) >= 11 is 0. The monoisotopic (exact) mass is 453 g/mol. The lowest BCUT2D eigenvalue weighted by Crippen LogP contribution is -2.39. The zero-order valence-electron chi connectivity index (χ0n) is 20.6. The summed E-state index contributed by atoms with van der Waals surface area (Å²) < 4.78 is 37.4. The van der Waals surface area contributed by atoms with Crippen molar-refractivity contribution in [3.05, 3.63) is 53.1 Å². The lowest BCUT2D eigenvalue weighted by atomic mass is 9.98. The number of imidazole rings is 1. The molecule has 5 rings (SSSR count). The largest absolute Gasteiger partial charge is 0.505 e. The number of amides is 2. The second kappa shape index (κ2) is 7.89. The van der Waals surface area contributed by atoms with Crippen molar-refractivity contribution in [2.75, 3.05) is 6.54 Å². The first kappa shape index (κ1) is 17.6. The molecule has 2 amide bonds. The van der Waals surface area contributed by atoms with Gasteiger partial charge in [-0.3, -0.25) is 5.10 Å². The number of hydrogen-bond donors (Lipinski definition) is 5. The van der Waals surface area contributed by atoms with Crippen LogP contribution in [-0.2, 0) is 13.1 Å². The first-order valence-electron chi connectivity index (χ1n) is 11.8. The Morgan fingerprint density at radius 1 is 1.36 bits per heavy atom. The number of urea groups is 1. The number of fused-ring (bicyclic) bond motifs is 2. The predicted molar refractivity (Wildman–Crippen MR) is 120 cm³/mol. The summed E-state index contributed by atoms with van der Waals surface area (Å²) in [6, 6.07) is 6.71. The van der Waals surface area contributed by atoms with Gasteiger partial charge < -0.3 is 25.4 Å². The maximum absolute atomic E-state index is 14.1. The number of carbonyl (C=O) groups is 1. The predicted octanol–water partition coefficient (Wildman–Crippen LogP) is 3.18. The van der Waals surface area contributed by atoms with Gasteiger partial charge in [0, 0.05) is 16.0 Å². The highest BCUT2D eigenvalue weighted by Crippen LogP contribution is 2.33. The first-order valence-corrected chi connectivity index (χ1v) is 10.3. The maximum Gasteiger partial charge on any atom is 0.318 e. The number of aromatic nitrogens is 4. The molecule has 0 aliphatic carbocycles. The van der Waals surface area contributed by atoms with E-state index in [0.717, 1.165) is 17.8 Å². The van der Waals surface area contributed by atoms with Crippen LogP contribution in [0.2, 0.25) is 0 Å². The van der Waals surface area contributed by atoms with Gasteiger partial charge in [0.15, 0.2) is 17.4 Å². The fourth-order valence-corrected chi connectivity index (χ4v) is 3.91. The highest BCUT2D eigenvalue weighted by molar-refractivity contribution is 5.94. The van der Waals surface area contributed by atoms with E-state index in [9.17, 15) is 19.4 Å². The second-order valence-electron chi connectivity index (χ2n) is 8.08. The summed E-state index contributed by atoms with van der Waals surface area (Å²) in [6.07, 6.45) is -0.638. The molecule has 2 aromatic carbocycles. The topological polar surface area (TPSA) is 130 Å². The van der Waals surface area contributed by atoms with Crippen molar-refractivity contribution in [1.82, 2.24) is 30.4 Å². The fourth-order valence-electron chi connectivity index (χ4n) is 3.91. The van der Waals surface area contributed by atoms with Crippen molar-refractivity contribution < 1.29 is 23.5 Å². The van der Waals surface area contributed by atoms with E-state index in [0.29, 0.717) is 46.8 Å². The third-order valence-corrected chi connectivity index (χ3v) is 5.58. The molecule has 0 spiro atoms. The Kier molecular flexibility index (Phi) is 4.21. The lowest BCUT2D eigenvalue weighted by Gasteiger charge is -2.17. The van der Waals surface area contributed by atoms with Crippen molar-refractivity contribution in [3.63, 3.8) is 0 Å². The van der Waals surface area contributed by atoms with Crippen molar-refractivity contribution in [2.24, 2.45) is 0 Å². The van der Waals surface area contributed by atoms with E-state index in [2.05, 4.69) is 25.5 Å². The molecule has 1 atom stereocenters. The van der Waals surface area contributed by atoms with Gasteiger partial charge in [0.1, 0.15) is 5.69 Å². The molecule has 0 saturated heterocycles. The number of aromatic amines is 2. The number of aromatic hydroxyl groups is 1. The summed E-state index contributed by atoms with van der Waals surface area (Å²) in [5, 5.41) is 29.7. The highest BCUT2D eigenvalue weighted by atomic mass is 19.1. The smallest absolute Gasteiger partial charge is 0.318 e. The molecule has 0 unspecified atom stereocenters. The van der Waals surface area contributed by atoms with E-state index in [1.165, 1.54) is 0 Å². The SMILES string of the molecule is [2H]C([2H])([2H])c1cc(O)c(F)cc1-c1ccc2c(-c3nc4c([nH]3)CN(C(=O)NC[C@@H](C)O)C4)n[nH]c2c1. The van der Waals surface area contributed by atoms with Crippen molar-refractivity contribution in [1.29, 1.82) is 0 Å². The Hall–Kier alpha value is -3.92. The lowest BCUT2D eigenvalue weighted by molar-refractivity contribution is 0.171. The number of rotatable bonds is 4. The van der Waals surface area contributed by atoms with Gasteiger partial charge in [0.2, 0.25) is 0 Å². The van der Waals surface area contributed by atoms with Crippen LogP contribution in [0.1, 0.15) is 28.0 Å². The summed E-state index contributed by atoms with van der Waals surface area (Å²) in [6.45, 7) is -0.148. The molecule has 5 N–H and O–H groups in total. The van der Waals surface area contributed by atoms with Crippen LogP contribution in [0.15, 0.2) is 30.3 Å². The Morgan fingerprint density at radius 2 is 2.21 bits per heavy atom. The van der Waals surface area contributed by atoms with E-state index in [1.54, 1.807) is 30.0 Å². The number of carbonyl (C=O) groups excluding carboxylic acids is 1. The first-order chi connectivity index (χ1) is 17.0. The molecule has 0 saturated carbocycles. The van der Waals surface area contributed by atoms with Crippen LogP contribution in [0.4, 0.5) is 9.18 Å². The number of aliphatic hydroxyl groups is 1. The Labute approximate surface area is 192 Å². The van der Waals surface area contributed by atoms with Crippen molar-refractivity contribution >= 4 is 16.9 Å². The minimum atomic E-state index is -2.55. The summed E-state index contributed by atoms with van der Waals surface area (Å²) in [4.78, 5) is 21.6. The quantitative estimate of drug-likeness (QED) is 0.324. The van der Waals surface area contributed by atoms with Crippen molar-refractivity contribution in [3.8, 4) is 28.4 Å². The van der Waals surface area contributed by atoms with Gasteiger partial charge in [-0.25, -0.2) is 14.2 Å². The number of nitrogens with zero attached hydrogens (tertiary/aromatic N) is 3. The molecule has 0 radical (unpaired) electrons. The van der Waals surface area contributed by atoms with Crippen LogP contribution in [0, 0.1) is 12.7 Å². The fraction of sp³-hybridized carbons (Fsp3) is 0.261. The number of hydrogen-bond acceptors (Lipinski definition) is 5. The molecule has 9 nitrogen and oxygen atoms in total. The molecule has 10 heteroatoms. The molecule has 1 aliphatic rings. The number of nitrogens with one attached hydrogen (secondary N) is 3. The summed E-state index contributed by atoms with van der Waals surface area (Å²) in [7, 11) is 0. The van der Waals surface area contributed by atoms with E-state index >= 15 is 0 Å². The Balaban J connectivity index is 1.43. The van der Waals surface area contributed by atoms with Crippen LogP contribution in [0.5, 0.6) is 5.75 Å². The van der Waals surface area contributed by atoms with Crippen molar-refractivity contribution in [2.45, 2.75) is 33.0 Å². The van der Waals surface area contributed by atoms with E-state index in [4.69, 9.17) is 4.11 Å². The van der Waals surface area contributed by atoms with Gasteiger partial charge in [0.25, 0.3) is 0 Å². The van der Waals surface area contributed by atoms with Gasteiger partial charge in [-0.1, -0.05) is 6.07 Å². The van der Waals surface area contributed by atoms with Gasteiger partial charge in [-0.15, -0.1) is 0 Å². The van der Waals surface area contributed by atoms with Gasteiger partial charge in [-0.05, 0) is 54.7 Å².